The van der Waals surface area contributed by atoms with Crippen LogP contribution in [0.5, 0.6) is 0 Å². The number of fused-ring (bicyclic) bond motifs is 2. The summed E-state index contributed by atoms with van der Waals surface area (Å²) in [5.74, 6) is 0. The van der Waals surface area contributed by atoms with E-state index in [2.05, 4.69) is 48.3 Å². The molecule has 5 aromatic heterocycles. The van der Waals surface area contributed by atoms with E-state index in [4.69, 9.17) is 4.98 Å². The topological polar surface area (TPSA) is 96.0 Å². The number of rotatable bonds is 3. The van der Waals surface area contributed by atoms with Gasteiger partial charge in [-0.1, -0.05) is 12.1 Å². The summed E-state index contributed by atoms with van der Waals surface area (Å²) in [6.45, 7) is 0. The summed E-state index contributed by atoms with van der Waals surface area (Å²) in [6, 6.07) is 16.3. The van der Waals surface area contributed by atoms with Crippen LogP contribution in [0.1, 0.15) is 0 Å². The van der Waals surface area contributed by atoms with Crippen LogP contribution in [-0.2, 0) is 0 Å². The zero-order valence-electron chi connectivity index (χ0n) is 15.7. The molecule has 0 aliphatic rings. The van der Waals surface area contributed by atoms with Crippen molar-refractivity contribution in [3.63, 3.8) is 0 Å². The number of nitrogens with one attached hydrogen (secondary N) is 2. The van der Waals surface area contributed by atoms with Crippen molar-refractivity contribution in [1.29, 1.82) is 0 Å². The molecule has 6 rings (SSSR count). The van der Waals surface area contributed by atoms with Gasteiger partial charge in [0.25, 0.3) is 0 Å². The third-order valence-corrected chi connectivity index (χ3v) is 5.14. The first-order chi connectivity index (χ1) is 14.9. The molecular formula is C23H15N7. The minimum Gasteiger partial charge on any atom is -0.353 e. The van der Waals surface area contributed by atoms with Gasteiger partial charge in [0.2, 0.25) is 0 Å². The van der Waals surface area contributed by atoms with E-state index in [-0.39, 0.29) is 0 Å². The Bertz CT molecular complexity index is 1480. The first kappa shape index (κ1) is 16.6. The number of H-pyrrole nitrogens is 2. The molecule has 30 heavy (non-hydrogen) atoms. The summed E-state index contributed by atoms with van der Waals surface area (Å²) in [4.78, 5) is 20.9. The second-order valence-electron chi connectivity index (χ2n) is 6.94. The maximum absolute atomic E-state index is 4.81. The summed E-state index contributed by atoms with van der Waals surface area (Å²) in [5, 5.41) is 8.74. The highest BCUT2D eigenvalue weighted by atomic mass is 15.1. The zero-order chi connectivity index (χ0) is 19.9. The highest BCUT2D eigenvalue weighted by Crippen LogP contribution is 2.33. The van der Waals surface area contributed by atoms with Gasteiger partial charge in [0, 0.05) is 35.7 Å². The molecule has 2 N–H and O–H groups in total. The van der Waals surface area contributed by atoms with Crippen molar-refractivity contribution in [3.05, 3.63) is 79.5 Å². The predicted molar refractivity (Wildman–Crippen MR) is 115 cm³/mol. The van der Waals surface area contributed by atoms with Crippen molar-refractivity contribution in [1.82, 2.24) is 35.1 Å². The van der Waals surface area contributed by atoms with Gasteiger partial charge in [-0.3, -0.25) is 20.1 Å². The lowest BCUT2D eigenvalue weighted by atomic mass is 10.0. The Labute approximate surface area is 170 Å². The lowest BCUT2D eigenvalue weighted by molar-refractivity contribution is 1.12. The monoisotopic (exact) mass is 389 g/mol. The maximum Gasteiger partial charge on any atom is 0.135 e. The Balaban J connectivity index is 1.52. The van der Waals surface area contributed by atoms with Crippen molar-refractivity contribution in [3.8, 4) is 33.9 Å². The molecule has 1 aromatic carbocycles. The Hall–Kier alpha value is -4.39. The number of aromatic nitrogens is 7. The minimum absolute atomic E-state index is 0.725. The third kappa shape index (κ3) is 2.64. The Kier molecular flexibility index (Phi) is 3.64. The van der Waals surface area contributed by atoms with Crippen LogP contribution < -0.4 is 0 Å². The first-order valence-corrected chi connectivity index (χ1v) is 9.51. The summed E-state index contributed by atoms with van der Waals surface area (Å²) in [7, 11) is 0. The molecule has 6 aromatic rings. The molecule has 0 aliphatic heterocycles. The fraction of sp³-hybridized carbons (Fsp3) is 0. The second-order valence-corrected chi connectivity index (χ2v) is 6.94. The van der Waals surface area contributed by atoms with E-state index < -0.39 is 0 Å². The van der Waals surface area contributed by atoms with Crippen LogP contribution in [0.2, 0.25) is 0 Å². The fourth-order valence-electron chi connectivity index (χ4n) is 3.73. The van der Waals surface area contributed by atoms with E-state index in [1.54, 1.807) is 31.0 Å². The number of benzene rings is 1. The van der Waals surface area contributed by atoms with Gasteiger partial charge in [-0.05, 0) is 47.5 Å². The van der Waals surface area contributed by atoms with Gasteiger partial charge in [0.1, 0.15) is 16.9 Å². The van der Waals surface area contributed by atoms with E-state index in [1.807, 2.05) is 30.3 Å². The van der Waals surface area contributed by atoms with Crippen molar-refractivity contribution >= 4 is 21.9 Å². The number of pyridine rings is 2. The largest absolute Gasteiger partial charge is 0.353 e. The molecule has 7 heteroatoms. The molecule has 0 radical (unpaired) electrons. The van der Waals surface area contributed by atoms with Crippen LogP contribution in [0, 0.1) is 0 Å². The molecule has 0 spiro atoms. The maximum atomic E-state index is 4.81. The lowest BCUT2D eigenvalue weighted by Gasteiger charge is -2.02. The van der Waals surface area contributed by atoms with Gasteiger partial charge in [-0.25, -0.2) is 4.98 Å². The SMILES string of the molecule is c1cc(-c2ccncc2)c2cc(-c3n[nH]c4ccc(-c5cnccn5)nc34)[nH]c2c1. The molecular weight excluding hydrogens is 374 g/mol. The molecule has 7 nitrogen and oxygen atoms in total. The molecule has 142 valence electrons. The van der Waals surface area contributed by atoms with Crippen LogP contribution in [0.15, 0.2) is 79.5 Å². The van der Waals surface area contributed by atoms with E-state index in [0.29, 0.717) is 0 Å². The Morgan fingerprint density at radius 2 is 1.70 bits per heavy atom. The number of hydrogen-bond acceptors (Lipinski definition) is 5. The molecule has 0 saturated heterocycles. The first-order valence-electron chi connectivity index (χ1n) is 9.51. The molecule has 0 fully saturated rings. The fourth-order valence-corrected chi connectivity index (χ4v) is 3.73. The standard InChI is InChI=1S/C23H15N7/c1-2-15(14-6-8-24-9-7-14)16-12-20(27-17(16)3-1)23-22-19(29-30-23)5-4-18(28-22)21-13-25-10-11-26-21/h1-13,27H,(H,29,30). The highest BCUT2D eigenvalue weighted by molar-refractivity contribution is 6.00. The second kappa shape index (κ2) is 6.59. The van der Waals surface area contributed by atoms with E-state index in [1.165, 1.54) is 0 Å². The van der Waals surface area contributed by atoms with Gasteiger partial charge in [0.15, 0.2) is 0 Å². The van der Waals surface area contributed by atoms with Crippen molar-refractivity contribution in [2.24, 2.45) is 0 Å². The molecule has 0 aliphatic carbocycles. The minimum atomic E-state index is 0.725. The van der Waals surface area contributed by atoms with E-state index in [0.717, 1.165) is 55.8 Å². The Morgan fingerprint density at radius 3 is 2.57 bits per heavy atom. The molecule has 0 bridgehead atoms. The normalized spacial score (nSPS) is 11.3. The van der Waals surface area contributed by atoms with E-state index >= 15 is 0 Å². The van der Waals surface area contributed by atoms with Crippen LogP contribution in [0.4, 0.5) is 0 Å². The highest BCUT2D eigenvalue weighted by Gasteiger charge is 2.15. The molecule has 0 atom stereocenters. The van der Waals surface area contributed by atoms with Crippen LogP contribution in [-0.4, -0.2) is 35.1 Å². The smallest absolute Gasteiger partial charge is 0.135 e. The molecule has 0 saturated carbocycles. The molecule has 0 amide bonds. The number of nitrogens with zero attached hydrogens (tertiary/aromatic N) is 5. The summed E-state index contributed by atoms with van der Waals surface area (Å²) < 4.78 is 0. The average Bonchev–Trinajstić information content (AvgIpc) is 3.43. The lowest BCUT2D eigenvalue weighted by Crippen LogP contribution is -1.89. The van der Waals surface area contributed by atoms with Gasteiger partial charge in [-0.2, -0.15) is 5.10 Å². The van der Waals surface area contributed by atoms with Crippen molar-refractivity contribution < 1.29 is 0 Å². The Morgan fingerprint density at radius 1 is 0.767 bits per heavy atom. The summed E-state index contributed by atoms with van der Waals surface area (Å²) in [6.07, 6.45) is 8.63. The van der Waals surface area contributed by atoms with E-state index in [9.17, 15) is 0 Å². The molecule has 0 unspecified atom stereocenters. The van der Waals surface area contributed by atoms with Crippen molar-refractivity contribution in [2.75, 3.05) is 0 Å². The number of hydrogen-bond donors (Lipinski definition) is 2. The summed E-state index contributed by atoms with van der Waals surface area (Å²) in [5.41, 5.74) is 8.12. The average molecular weight is 389 g/mol. The van der Waals surface area contributed by atoms with Crippen LogP contribution in [0.25, 0.3) is 55.8 Å². The predicted octanol–water partition coefficient (Wildman–Crippen LogP) is 4.63. The third-order valence-electron chi connectivity index (χ3n) is 5.14. The number of aromatic amines is 2. The quantitative estimate of drug-likeness (QED) is 0.460. The van der Waals surface area contributed by atoms with Gasteiger partial charge in [0.05, 0.1) is 23.1 Å². The molecule has 5 heterocycles. The summed E-state index contributed by atoms with van der Waals surface area (Å²) >= 11 is 0. The van der Waals surface area contributed by atoms with Gasteiger partial charge in [-0.15, -0.1) is 0 Å². The van der Waals surface area contributed by atoms with Crippen molar-refractivity contribution in [2.45, 2.75) is 0 Å². The van der Waals surface area contributed by atoms with Gasteiger partial charge >= 0.3 is 0 Å². The van der Waals surface area contributed by atoms with Crippen LogP contribution >= 0.6 is 0 Å². The zero-order valence-corrected chi connectivity index (χ0v) is 15.7. The van der Waals surface area contributed by atoms with Crippen LogP contribution in [0.3, 0.4) is 0 Å². The van der Waals surface area contributed by atoms with Gasteiger partial charge < -0.3 is 4.98 Å².